The van der Waals surface area contributed by atoms with E-state index >= 15 is 0 Å². The largest absolute Gasteiger partial charge is 0.493 e. The van der Waals surface area contributed by atoms with Crippen LogP contribution in [0.4, 0.5) is 5.69 Å². The summed E-state index contributed by atoms with van der Waals surface area (Å²) in [5, 5.41) is 0. The number of aromatic nitrogens is 1. The van der Waals surface area contributed by atoms with Gasteiger partial charge in [-0.2, -0.15) is 0 Å². The molecule has 1 aliphatic heterocycles. The second-order valence-corrected chi connectivity index (χ2v) is 6.52. The van der Waals surface area contributed by atoms with Crippen molar-refractivity contribution in [1.29, 1.82) is 0 Å². The van der Waals surface area contributed by atoms with Gasteiger partial charge in [-0.15, -0.1) is 0 Å². The van der Waals surface area contributed by atoms with Gasteiger partial charge in [0.2, 0.25) is 0 Å². The van der Waals surface area contributed by atoms with E-state index in [2.05, 4.69) is 9.88 Å². The second-order valence-electron chi connectivity index (χ2n) is 6.52. The van der Waals surface area contributed by atoms with Crippen LogP contribution in [0, 0.1) is 0 Å². The molecular formula is C20H21N3O5. The molecule has 1 fully saturated rings. The smallest absolute Gasteiger partial charge is 0.417 e. The number of aromatic amines is 1. The number of hydrogen-bond acceptors (Lipinski definition) is 6. The molecule has 1 aromatic heterocycles. The molecule has 0 radical (unpaired) electrons. The number of carbonyl (C=O) groups excluding carboxylic acids is 1. The summed E-state index contributed by atoms with van der Waals surface area (Å²) in [5.74, 6) is 0.600. The maximum absolute atomic E-state index is 12.9. The predicted octanol–water partition coefficient (Wildman–Crippen LogP) is 2.10. The Morgan fingerprint density at radius 2 is 1.79 bits per heavy atom. The fraction of sp³-hybridized carbons (Fsp3) is 0.300. The molecule has 0 saturated carbocycles. The van der Waals surface area contributed by atoms with Gasteiger partial charge in [0.15, 0.2) is 17.1 Å². The van der Waals surface area contributed by atoms with Crippen LogP contribution in [-0.4, -0.2) is 56.2 Å². The number of nitrogens with zero attached hydrogens (tertiary/aromatic N) is 2. The summed E-state index contributed by atoms with van der Waals surface area (Å²) in [6.07, 6.45) is 0. The van der Waals surface area contributed by atoms with Crippen LogP contribution in [0.2, 0.25) is 0 Å². The maximum Gasteiger partial charge on any atom is 0.417 e. The van der Waals surface area contributed by atoms with Crippen LogP contribution < -0.4 is 20.1 Å². The molecule has 3 aromatic rings. The standard InChI is InChI=1S/C20H21N3O5/c1-26-16-7-6-13(12-17(16)27-2)19(24)23-10-8-22(9-11-23)15-5-3-4-14-18(15)28-20(25)21-14/h3-7,12H,8-11H2,1-2H3,(H,21,25). The van der Waals surface area contributed by atoms with Crippen molar-refractivity contribution in [1.82, 2.24) is 9.88 Å². The molecule has 0 bridgehead atoms. The highest BCUT2D eigenvalue weighted by atomic mass is 16.5. The minimum atomic E-state index is -0.468. The summed E-state index contributed by atoms with van der Waals surface area (Å²) >= 11 is 0. The van der Waals surface area contributed by atoms with E-state index < -0.39 is 5.76 Å². The third kappa shape index (κ3) is 3.17. The number of ether oxygens (including phenoxy) is 2. The molecule has 0 spiro atoms. The van der Waals surface area contributed by atoms with E-state index in [1.54, 1.807) is 38.5 Å². The van der Waals surface area contributed by atoms with E-state index in [0.29, 0.717) is 54.3 Å². The Hall–Kier alpha value is -3.42. The molecule has 2 aromatic carbocycles. The van der Waals surface area contributed by atoms with Crippen molar-refractivity contribution in [2.45, 2.75) is 0 Å². The molecule has 1 amide bonds. The van der Waals surface area contributed by atoms with Crippen LogP contribution >= 0.6 is 0 Å². The van der Waals surface area contributed by atoms with Crippen molar-refractivity contribution in [2.75, 3.05) is 45.3 Å². The Labute approximate surface area is 161 Å². The summed E-state index contributed by atoms with van der Waals surface area (Å²) in [4.78, 5) is 31.0. The highest BCUT2D eigenvalue weighted by Gasteiger charge is 2.24. The van der Waals surface area contributed by atoms with Gasteiger partial charge in [0.05, 0.1) is 25.4 Å². The van der Waals surface area contributed by atoms with Crippen molar-refractivity contribution in [3.63, 3.8) is 0 Å². The summed E-state index contributed by atoms with van der Waals surface area (Å²) in [7, 11) is 3.11. The zero-order valence-electron chi connectivity index (χ0n) is 15.7. The number of oxazole rings is 1. The summed E-state index contributed by atoms with van der Waals surface area (Å²) in [5.41, 5.74) is 2.64. The highest BCUT2D eigenvalue weighted by molar-refractivity contribution is 5.95. The Balaban J connectivity index is 1.49. The van der Waals surface area contributed by atoms with Gasteiger partial charge in [0.1, 0.15) is 0 Å². The van der Waals surface area contributed by atoms with Crippen LogP contribution in [0.3, 0.4) is 0 Å². The molecule has 4 rings (SSSR count). The average molecular weight is 383 g/mol. The zero-order chi connectivity index (χ0) is 19.7. The minimum absolute atomic E-state index is 0.0491. The van der Waals surface area contributed by atoms with Crippen LogP contribution in [0.15, 0.2) is 45.6 Å². The quantitative estimate of drug-likeness (QED) is 0.742. The summed E-state index contributed by atoms with van der Waals surface area (Å²) in [6, 6.07) is 10.8. The molecule has 1 saturated heterocycles. The van der Waals surface area contributed by atoms with E-state index in [-0.39, 0.29) is 5.91 Å². The fourth-order valence-corrected chi connectivity index (χ4v) is 3.51. The number of nitrogens with one attached hydrogen (secondary N) is 1. The number of para-hydroxylation sites is 1. The lowest BCUT2D eigenvalue weighted by Gasteiger charge is -2.36. The van der Waals surface area contributed by atoms with Crippen molar-refractivity contribution in [3.05, 3.63) is 52.5 Å². The third-order valence-corrected chi connectivity index (χ3v) is 4.96. The Bertz CT molecular complexity index is 1060. The molecule has 0 unspecified atom stereocenters. The number of amides is 1. The molecule has 0 atom stereocenters. The van der Waals surface area contributed by atoms with Crippen molar-refractivity contribution in [2.24, 2.45) is 0 Å². The summed E-state index contributed by atoms with van der Waals surface area (Å²) in [6.45, 7) is 2.43. The first-order valence-electron chi connectivity index (χ1n) is 8.99. The molecule has 28 heavy (non-hydrogen) atoms. The Morgan fingerprint density at radius 1 is 1.04 bits per heavy atom. The van der Waals surface area contributed by atoms with Gasteiger partial charge in [-0.05, 0) is 30.3 Å². The van der Waals surface area contributed by atoms with Crippen molar-refractivity contribution < 1.29 is 18.7 Å². The number of H-pyrrole nitrogens is 1. The lowest BCUT2D eigenvalue weighted by atomic mass is 10.1. The van der Waals surface area contributed by atoms with E-state index in [0.717, 1.165) is 5.69 Å². The number of piperazine rings is 1. The van der Waals surface area contributed by atoms with Gasteiger partial charge >= 0.3 is 5.76 Å². The molecule has 1 aliphatic rings. The van der Waals surface area contributed by atoms with E-state index in [1.165, 1.54) is 0 Å². The Kier molecular flexibility index (Phi) is 4.68. The first-order chi connectivity index (χ1) is 13.6. The molecule has 1 N–H and O–H groups in total. The highest BCUT2D eigenvalue weighted by Crippen LogP contribution is 2.29. The Morgan fingerprint density at radius 3 is 2.50 bits per heavy atom. The predicted molar refractivity (Wildman–Crippen MR) is 104 cm³/mol. The molecule has 146 valence electrons. The molecule has 0 aliphatic carbocycles. The van der Waals surface area contributed by atoms with E-state index in [9.17, 15) is 9.59 Å². The van der Waals surface area contributed by atoms with Crippen molar-refractivity contribution >= 4 is 22.7 Å². The molecule has 8 heteroatoms. The number of rotatable bonds is 4. The van der Waals surface area contributed by atoms with Gasteiger partial charge in [0.25, 0.3) is 5.91 Å². The number of anilines is 1. The lowest BCUT2D eigenvalue weighted by Crippen LogP contribution is -2.48. The van der Waals surface area contributed by atoms with Gasteiger partial charge in [0, 0.05) is 31.7 Å². The van der Waals surface area contributed by atoms with E-state index in [1.807, 2.05) is 17.0 Å². The second kappa shape index (κ2) is 7.30. The monoisotopic (exact) mass is 383 g/mol. The lowest BCUT2D eigenvalue weighted by molar-refractivity contribution is 0.0746. The van der Waals surface area contributed by atoms with Crippen LogP contribution in [0.5, 0.6) is 11.5 Å². The van der Waals surface area contributed by atoms with Gasteiger partial charge < -0.3 is 23.7 Å². The fourth-order valence-electron chi connectivity index (χ4n) is 3.51. The first kappa shape index (κ1) is 18.0. The van der Waals surface area contributed by atoms with Crippen LogP contribution in [0.1, 0.15) is 10.4 Å². The van der Waals surface area contributed by atoms with Crippen LogP contribution in [-0.2, 0) is 0 Å². The van der Waals surface area contributed by atoms with Gasteiger partial charge in [-0.25, -0.2) is 4.79 Å². The average Bonchev–Trinajstić information content (AvgIpc) is 3.13. The number of fused-ring (bicyclic) bond motifs is 1. The topological polar surface area (TPSA) is 88.0 Å². The number of carbonyl (C=O) groups is 1. The molecule has 8 nitrogen and oxygen atoms in total. The number of methoxy groups -OCH3 is 2. The minimum Gasteiger partial charge on any atom is -0.493 e. The first-order valence-corrected chi connectivity index (χ1v) is 8.99. The van der Waals surface area contributed by atoms with Crippen LogP contribution in [0.25, 0.3) is 11.1 Å². The maximum atomic E-state index is 12.9. The molecule has 2 heterocycles. The van der Waals surface area contributed by atoms with Crippen molar-refractivity contribution in [3.8, 4) is 11.5 Å². The third-order valence-electron chi connectivity index (χ3n) is 4.96. The SMILES string of the molecule is COc1ccc(C(=O)N2CCN(c3cccc4[nH]c(=O)oc34)CC2)cc1OC. The normalized spacial score (nSPS) is 14.4. The summed E-state index contributed by atoms with van der Waals surface area (Å²) < 4.78 is 15.8. The van der Waals surface area contributed by atoms with Gasteiger partial charge in [-0.1, -0.05) is 6.07 Å². The number of hydrogen-bond donors (Lipinski definition) is 1. The number of benzene rings is 2. The zero-order valence-corrected chi connectivity index (χ0v) is 15.7. The van der Waals surface area contributed by atoms with Gasteiger partial charge in [-0.3, -0.25) is 9.78 Å². The van der Waals surface area contributed by atoms with E-state index in [4.69, 9.17) is 13.9 Å². The molecular weight excluding hydrogens is 362 g/mol.